The molecule has 0 spiro atoms. The Hall–Kier alpha value is -3.23. The fourth-order valence-corrected chi connectivity index (χ4v) is 2.82. The summed E-state index contributed by atoms with van der Waals surface area (Å²) >= 11 is 5.93. The van der Waals surface area contributed by atoms with Crippen LogP contribution in [0.25, 0.3) is 22.4 Å². The van der Waals surface area contributed by atoms with Gasteiger partial charge < -0.3 is 14.5 Å². The molecule has 0 saturated carbocycles. The number of nitriles is 1. The van der Waals surface area contributed by atoms with Crippen molar-refractivity contribution in [1.29, 1.82) is 5.26 Å². The number of pyridine rings is 1. The second-order valence-corrected chi connectivity index (χ2v) is 5.92. The first-order chi connectivity index (χ1) is 12.6. The Morgan fingerprint density at radius 3 is 2.35 bits per heavy atom. The molecule has 0 unspecified atom stereocenters. The number of ether oxygens (including phenoxy) is 2. The molecule has 26 heavy (non-hydrogen) atoms. The summed E-state index contributed by atoms with van der Waals surface area (Å²) in [5.74, 6) is 1.13. The highest BCUT2D eigenvalue weighted by atomic mass is 35.5. The number of hydrogen-bond donors (Lipinski definition) is 1. The van der Waals surface area contributed by atoms with Crippen LogP contribution >= 0.6 is 11.6 Å². The van der Waals surface area contributed by atoms with Crippen molar-refractivity contribution in [3.05, 3.63) is 69.5 Å². The number of hydrogen-bond acceptors (Lipinski definition) is 4. The monoisotopic (exact) mass is 366 g/mol. The average molecular weight is 367 g/mol. The molecule has 1 N–H and O–H groups in total. The van der Waals surface area contributed by atoms with Crippen LogP contribution in [0.4, 0.5) is 0 Å². The molecule has 3 aromatic rings. The Kier molecular flexibility index (Phi) is 4.97. The predicted octanol–water partition coefficient (Wildman–Crippen LogP) is 4.25. The minimum absolute atomic E-state index is 0.0196. The van der Waals surface area contributed by atoms with Crippen LogP contribution in [-0.4, -0.2) is 19.2 Å². The first-order valence-electron chi connectivity index (χ1n) is 7.73. The Bertz CT molecular complexity index is 1050. The van der Waals surface area contributed by atoms with Gasteiger partial charge in [-0.2, -0.15) is 5.26 Å². The Morgan fingerprint density at radius 2 is 1.73 bits per heavy atom. The second-order valence-electron chi connectivity index (χ2n) is 5.49. The van der Waals surface area contributed by atoms with Gasteiger partial charge in [0.25, 0.3) is 5.56 Å². The van der Waals surface area contributed by atoms with E-state index in [1.807, 2.05) is 6.07 Å². The molecule has 0 aliphatic carbocycles. The molecule has 6 heteroatoms. The van der Waals surface area contributed by atoms with E-state index < -0.39 is 5.56 Å². The van der Waals surface area contributed by atoms with Gasteiger partial charge in [0, 0.05) is 27.9 Å². The summed E-state index contributed by atoms with van der Waals surface area (Å²) in [4.78, 5) is 15.2. The van der Waals surface area contributed by atoms with Gasteiger partial charge in [-0.15, -0.1) is 0 Å². The van der Waals surface area contributed by atoms with Crippen molar-refractivity contribution in [2.24, 2.45) is 0 Å². The zero-order chi connectivity index (χ0) is 18.7. The number of nitrogens with zero attached hydrogens (tertiary/aromatic N) is 1. The number of aromatic nitrogens is 1. The standard InChI is InChI=1S/C20H15ClN2O3/c1-25-14-7-8-15(19(9-14)26-2)16-10-18(23-20(24)17(16)11-22)12-3-5-13(21)6-4-12/h3-10H,1-2H3,(H,23,24). The van der Waals surface area contributed by atoms with E-state index in [1.165, 1.54) is 7.11 Å². The highest BCUT2D eigenvalue weighted by molar-refractivity contribution is 6.30. The number of benzene rings is 2. The maximum absolute atomic E-state index is 12.5. The molecule has 3 rings (SSSR count). The molecule has 0 amide bonds. The zero-order valence-corrected chi connectivity index (χ0v) is 14.9. The number of aromatic amines is 1. The minimum atomic E-state index is -0.465. The first kappa shape index (κ1) is 17.6. The topological polar surface area (TPSA) is 75.1 Å². The van der Waals surface area contributed by atoms with Gasteiger partial charge in [-0.3, -0.25) is 4.79 Å². The van der Waals surface area contributed by atoms with E-state index in [2.05, 4.69) is 4.98 Å². The lowest BCUT2D eigenvalue weighted by Gasteiger charge is -2.13. The highest BCUT2D eigenvalue weighted by Crippen LogP contribution is 2.35. The molecule has 1 aromatic heterocycles. The predicted molar refractivity (Wildman–Crippen MR) is 101 cm³/mol. The molecule has 0 aliphatic heterocycles. The highest BCUT2D eigenvalue weighted by Gasteiger charge is 2.16. The lowest BCUT2D eigenvalue weighted by Crippen LogP contribution is -2.13. The van der Waals surface area contributed by atoms with Gasteiger partial charge in [0.05, 0.1) is 14.2 Å². The maximum atomic E-state index is 12.5. The van der Waals surface area contributed by atoms with Crippen molar-refractivity contribution < 1.29 is 9.47 Å². The molecular formula is C20H15ClN2O3. The van der Waals surface area contributed by atoms with Crippen molar-refractivity contribution in [3.63, 3.8) is 0 Å². The van der Waals surface area contributed by atoms with Gasteiger partial charge in [0.1, 0.15) is 23.1 Å². The second kappa shape index (κ2) is 7.34. The van der Waals surface area contributed by atoms with Gasteiger partial charge >= 0.3 is 0 Å². The molecule has 0 aliphatic rings. The average Bonchev–Trinajstić information content (AvgIpc) is 2.67. The third-order valence-electron chi connectivity index (χ3n) is 4.00. The SMILES string of the molecule is COc1ccc(-c2cc(-c3ccc(Cl)cc3)[nH]c(=O)c2C#N)c(OC)c1. The number of halogens is 1. The van der Waals surface area contributed by atoms with Crippen LogP contribution in [0, 0.1) is 11.3 Å². The molecule has 0 bridgehead atoms. The van der Waals surface area contributed by atoms with E-state index in [9.17, 15) is 10.1 Å². The number of H-pyrrole nitrogens is 1. The summed E-state index contributed by atoms with van der Waals surface area (Å²) in [6, 6.07) is 16.0. The normalized spacial score (nSPS) is 10.2. The van der Waals surface area contributed by atoms with Crippen molar-refractivity contribution in [1.82, 2.24) is 4.98 Å². The van der Waals surface area contributed by atoms with E-state index in [4.69, 9.17) is 21.1 Å². The minimum Gasteiger partial charge on any atom is -0.497 e. The molecule has 1 heterocycles. The van der Waals surface area contributed by atoms with E-state index in [1.54, 1.807) is 55.6 Å². The van der Waals surface area contributed by atoms with Crippen LogP contribution < -0.4 is 15.0 Å². The van der Waals surface area contributed by atoms with Crippen LogP contribution in [0.15, 0.2) is 53.3 Å². The number of rotatable bonds is 4. The van der Waals surface area contributed by atoms with Crippen LogP contribution in [0.3, 0.4) is 0 Å². The number of nitrogens with one attached hydrogen (secondary N) is 1. The summed E-state index contributed by atoms with van der Waals surface area (Å²) in [5.41, 5.74) is 2.04. The van der Waals surface area contributed by atoms with E-state index in [0.29, 0.717) is 33.3 Å². The van der Waals surface area contributed by atoms with Crippen molar-refractivity contribution in [2.75, 3.05) is 14.2 Å². The molecular weight excluding hydrogens is 352 g/mol. The van der Waals surface area contributed by atoms with Crippen molar-refractivity contribution in [3.8, 4) is 40.0 Å². The smallest absolute Gasteiger partial charge is 0.266 e. The van der Waals surface area contributed by atoms with E-state index in [-0.39, 0.29) is 5.56 Å². The molecule has 0 atom stereocenters. The molecule has 0 radical (unpaired) electrons. The lowest BCUT2D eigenvalue weighted by atomic mass is 9.98. The van der Waals surface area contributed by atoms with Gasteiger partial charge in [0.15, 0.2) is 0 Å². The molecule has 0 saturated heterocycles. The third-order valence-corrected chi connectivity index (χ3v) is 4.25. The quantitative estimate of drug-likeness (QED) is 0.748. The first-order valence-corrected chi connectivity index (χ1v) is 8.11. The fourth-order valence-electron chi connectivity index (χ4n) is 2.69. The Balaban J connectivity index is 2.25. The van der Waals surface area contributed by atoms with E-state index >= 15 is 0 Å². The zero-order valence-electron chi connectivity index (χ0n) is 14.2. The van der Waals surface area contributed by atoms with E-state index in [0.717, 1.165) is 5.56 Å². The van der Waals surface area contributed by atoms with Gasteiger partial charge in [-0.1, -0.05) is 23.7 Å². The molecule has 0 fully saturated rings. The summed E-state index contributed by atoms with van der Waals surface area (Å²) in [5, 5.41) is 10.1. The summed E-state index contributed by atoms with van der Waals surface area (Å²) in [6.07, 6.45) is 0. The van der Waals surface area contributed by atoms with Gasteiger partial charge in [0.2, 0.25) is 0 Å². The summed E-state index contributed by atoms with van der Waals surface area (Å²) in [7, 11) is 3.08. The lowest BCUT2D eigenvalue weighted by molar-refractivity contribution is 0.395. The van der Waals surface area contributed by atoms with Crippen LogP contribution in [0.1, 0.15) is 5.56 Å². The van der Waals surface area contributed by atoms with Gasteiger partial charge in [-0.05, 0) is 35.9 Å². The number of methoxy groups -OCH3 is 2. The maximum Gasteiger partial charge on any atom is 0.266 e. The summed E-state index contributed by atoms with van der Waals surface area (Å²) in [6.45, 7) is 0. The largest absolute Gasteiger partial charge is 0.497 e. The molecule has 5 nitrogen and oxygen atoms in total. The Morgan fingerprint density at radius 1 is 1.00 bits per heavy atom. The summed E-state index contributed by atoms with van der Waals surface area (Å²) < 4.78 is 10.6. The Labute approximate surface area is 155 Å². The third kappa shape index (κ3) is 3.28. The molecule has 130 valence electrons. The van der Waals surface area contributed by atoms with Gasteiger partial charge in [-0.25, -0.2) is 0 Å². The molecule has 2 aromatic carbocycles. The van der Waals surface area contributed by atoms with Crippen LogP contribution in [0.2, 0.25) is 5.02 Å². The van der Waals surface area contributed by atoms with Crippen LogP contribution in [0.5, 0.6) is 11.5 Å². The van der Waals surface area contributed by atoms with Crippen LogP contribution in [-0.2, 0) is 0 Å². The fraction of sp³-hybridized carbons (Fsp3) is 0.100. The van der Waals surface area contributed by atoms with Crippen molar-refractivity contribution >= 4 is 11.6 Å². The van der Waals surface area contributed by atoms with Crippen molar-refractivity contribution in [2.45, 2.75) is 0 Å².